The summed E-state index contributed by atoms with van der Waals surface area (Å²) < 4.78 is 9.12. The summed E-state index contributed by atoms with van der Waals surface area (Å²) >= 11 is 0. The maximum atomic E-state index is 5.30. The Balaban J connectivity index is 0.000000508. The molecular formula is C24H46N4O. The first kappa shape index (κ1) is 27.4. The van der Waals surface area contributed by atoms with Gasteiger partial charge in [-0.2, -0.15) is 10.2 Å². The lowest BCUT2D eigenvalue weighted by Gasteiger charge is -2.19. The maximum Gasteiger partial charge on any atom is 0.0767 e. The highest BCUT2D eigenvalue weighted by atomic mass is 16.5. The Hall–Kier alpha value is -1.62. The summed E-state index contributed by atoms with van der Waals surface area (Å²) in [5, 5.41) is 8.39. The first-order valence-electron chi connectivity index (χ1n) is 11.3. The van der Waals surface area contributed by atoms with Crippen LogP contribution in [-0.2, 0) is 18.3 Å². The second-order valence-corrected chi connectivity index (χ2v) is 8.28. The lowest BCUT2D eigenvalue weighted by atomic mass is 9.86. The van der Waals surface area contributed by atoms with Crippen molar-refractivity contribution in [2.75, 3.05) is 7.11 Å². The molecule has 2 rings (SSSR count). The second kappa shape index (κ2) is 16.2. The average Bonchev–Trinajstić information content (AvgIpc) is 3.34. The van der Waals surface area contributed by atoms with Gasteiger partial charge in [0.2, 0.25) is 0 Å². The number of aryl methyl sites for hydroxylation is 1. The molecule has 2 aromatic rings. The van der Waals surface area contributed by atoms with Crippen LogP contribution in [0.25, 0.3) is 0 Å². The van der Waals surface area contributed by atoms with Gasteiger partial charge in [-0.3, -0.25) is 9.36 Å². The quantitative estimate of drug-likeness (QED) is 0.464. The number of nitrogens with zero attached hydrogens (tertiary/aromatic N) is 4. The van der Waals surface area contributed by atoms with E-state index in [1.807, 2.05) is 48.7 Å². The first-order valence-corrected chi connectivity index (χ1v) is 11.3. The lowest BCUT2D eigenvalue weighted by Crippen LogP contribution is -2.18. The van der Waals surface area contributed by atoms with Gasteiger partial charge in [0.25, 0.3) is 0 Å². The monoisotopic (exact) mass is 406 g/mol. The second-order valence-electron chi connectivity index (χ2n) is 8.28. The van der Waals surface area contributed by atoms with Crippen molar-refractivity contribution in [3.63, 3.8) is 0 Å². The predicted octanol–water partition coefficient (Wildman–Crippen LogP) is 6.32. The summed E-state index contributed by atoms with van der Waals surface area (Å²) in [6.45, 7) is 16.2. The molecule has 1 atom stereocenters. The van der Waals surface area contributed by atoms with Gasteiger partial charge in [-0.1, -0.05) is 54.9 Å². The van der Waals surface area contributed by atoms with E-state index < -0.39 is 0 Å². The Kier molecular flexibility index (Phi) is 15.3. The number of hydrogen-bond donors (Lipinski definition) is 0. The molecule has 0 N–H and O–H groups in total. The van der Waals surface area contributed by atoms with Crippen molar-refractivity contribution in [1.29, 1.82) is 0 Å². The van der Waals surface area contributed by atoms with Crippen molar-refractivity contribution >= 4 is 0 Å². The Labute approximate surface area is 179 Å². The van der Waals surface area contributed by atoms with Gasteiger partial charge >= 0.3 is 0 Å². The third-order valence-electron chi connectivity index (χ3n) is 4.60. The minimum absolute atomic E-state index is 0.301. The summed E-state index contributed by atoms with van der Waals surface area (Å²) in [6.07, 6.45) is 13.0. The summed E-state index contributed by atoms with van der Waals surface area (Å²) in [5.74, 6) is 2.20. The van der Waals surface area contributed by atoms with Crippen molar-refractivity contribution in [3.05, 3.63) is 36.4 Å². The Morgan fingerprint density at radius 3 is 2.03 bits per heavy atom. The number of aromatic nitrogens is 4. The highest BCUT2D eigenvalue weighted by molar-refractivity contribution is 5.11. The summed E-state index contributed by atoms with van der Waals surface area (Å²) in [5.41, 5.74) is 1.40. The molecule has 0 bridgehead atoms. The highest BCUT2D eigenvalue weighted by Gasteiger charge is 2.16. The van der Waals surface area contributed by atoms with Crippen LogP contribution in [0.15, 0.2) is 30.9 Å². The molecule has 0 spiro atoms. The SMILES string of the molecule is CC.CC(C)CC(CC(C)C)c1cnn(C)c1.CCCC(Cn1cccn1)OC. The minimum atomic E-state index is 0.301. The normalized spacial score (nSPS) is 11.9. The zero-order chi connectivity index (χ0) is 22.2. The van der Waals surface area contributed by atoms with Crippen molar-refractivity contribution in [3.8, 4) is 0 Å². The Morgan fingerprint density at radius 2 is 1.66 bits per heavy atom. The molecule has 0 radical (unpaired) electrons. The number of rotatable bonds is 10. The molecule has 0 saturated heterocycles. The fourth-order valence-corrected chi connectivity index (χ4v) is 3.38. The molecule has 5 nitrogen and oxygen atoms in total. The molecule has 0 aliphatic rings. The summed E-state index contributed by atoms with van der Waals surface area (Å²) in [4.78, 5) is 0. The number of hydrogen-bond acceptors (Lipinski definition) is 3. The number of methoxy groups -OCH3 is 1. The van der Waals surface area contributed by atoms with Crippen LogP contribution >= 0.6 is 0 Å². The fraction of sp³-hybridized carbons (Fsp3) is 0.750. The first-order chi connectivity index (χ1) is 13.8. The maximum absolute atomic E-state index is 5.30. The van der Waals surface area contributed by atoms with Crippen molar-refractivity contribution in [2.24, 2.45) is 18.9 Å². The van der Waals surface area contributed by atoms with Crippen LogP contribution in [0.1, 0.15) is 85.6 Å². The van der Waals surface area contributed by atoms with Crippen LogP contribution in [0.2, 0.25) is 0 Å². The molecule has 168 valence electrons. The molecule has 0 fully saturated rings. The third-order valence-corrected chi connectivity index (χ3v) is 4.60. The smallest absolute Gasteiger partial charge is 0.0767 e. The Morgan fingerprint density at radius 1 is 1.03 bits per heavy atom. The average molecular weight is 407 g/mol. The van der Waals surface area contributed by atoms with E-state index in [1.165, 1.54) is 18.4 Å². The summed E-state index contributed by atoms with van der Waals surface area (Å²) in [7, 11) is 3.75. The zero-order valence-electron chi connectivity index (χ0n) is 20.4. The van der Waals surface area contributed by atoms with E-state index in [-0.39, 0.29) is 0 Å². The van der Waals surface area contributed by atoms with Gasteiger partial charge in [-0.25, -0.2) is 0 Å². The van der Waals surface area contributed by atoms with Gasteiger partial charge in [0.1, 0.15) is 0 Å². The van der Waals surface area contributed by atoms with E-state index >= 15 is 0 Å². The summed E-state index contributed by atoms with van der Waals surface area (Å²) in [6, 6.07) is 1.93. The fourth-order valence-electron chi connectivity index (χ4n) is 3.38. The van der Waals surface area contributed by atoms with Crippen LogP contribution in [0.5, 0.6) is 0 Å². The molecule has 29 heavy (non-hydrogen) atoms. The molecular weight excluding hydrogens is 360 g/mol. The van der Waals surface area contributed by atoms with Gasteiger partial charge in [-0.05, 0) is 48.6 Å². The molecule has 5 heteroatoms. The van der Waals surface area contributed by atoms with Gasteiger partial charge in [0, 0.05) is 32.7 Å². The van der Waals surface area contributed by atoms with Crippen LogP contribution in [0, 0.1) is 11.8 Å². The van der Waals surface area contributed by atoms with E-state index in [2.05, 4.69) is 51.0 Å². The standard InChI is InChI=1S/C13H24N2.C9H16N2O.C2H6/c1-10(2)6-12(7-11(3)4)13-8-14-15(5)9-13;1-3-5-9(12-2)8-11-7-4-6-10-11;1-2/h8-12H,6-7H2,1-5H3;4,6-7,9H,3,5,8H2,1-2H3;1-2H3. The van der Waals surface area contributed by atoms with Gasteiger partial charge in [-0.15, -0.1) is 0 Å². The van der Waals surface area contributed by atoms with E-state index in [9.17, 15) is 0 Å². The molecule has 0 amide bonds. The predicted molar refractivity (Wildman–Crippen MR) is 124 cm³/mol. The van der Waals surface area contributed by atoms with Crippen molar-refractivity contribution in [1.82, 2.24) is 19.6 Å². The molecule has 1 unspecified atom stereocenters. The van der Waals surface area contributed by atoms with Crippen LogP contribution in [0.4, 0.5) is 0 Å². The van der Waals surface area contributed by atoms with Crippen LogP contribution in [0.3, 0.4) is 0 Å². The largest absolute Gasteiger partial charge is 0.380 e. The van der Waals surface area contributed by atoms with Gasteiger partial charge in [0.05, 0.1) is 18.8 Å². The molecule has 2 aromatic heterocycles. The lowest BCUT2D eigenvalue weighted by molar-refractivity contribution is 0.0769. The molecule has 0 saturated carbocycles. The van der Waals surface area contributed by atoms with Gasteiger partial charge in [0.15, 0.2) is 0 Å². The van der Waals surface area contributed by atoms with Crippen molar-refractivity contribution in [2.45, 2.75) is 92.7 Å². The van der Waals surface area contributed by atoms with E-state index in [0.29, 0.717) is 12.0 Å². The molecule has 0 aromatic carbocycles. The number of ether oxygens (including phenoxy) is 1. The zero-order valence-corrected chi connectivity index (χ0v) is 20.4. The Bertz CT molecular complexity index is 580. The van der Waals surface area contributed by atoms with Crippen LogP contribution < -0.4 is 0 Å². The van der Waals surface area contributed by atoms with E-state index in [1.54, 1.807) is 13.3 Å². The molecule has 2 heterocycles. The third kappa shape index (κ3) is 12.5. The van der Waals surface area contributed by atoms with Gasteiger partial charge < -0.3 is 4.74 Å². The minimum Gasteiger partial charge on any atom is -0.380 e. The van der Waals surface area contributed by atoms with E-state index in [0.717, 1.165) is 31.2 Å². The highest BCUT2D eigenvalue weighted by Crippen LogP contribution is 2.29. The van der Waals surface area contributed by atoms with E-state index in [4.69, 9.17) is 4.74 Å². The van der Waals surface area contributed by atoms with Crippen molar-refractivity contribution < 1.29 is 4.74 Å². The van der Waals surface area contributed by atoms with Crippen LogP contribution in [-0.4, -0.2) is 32.8 Å². The molecule has 0 aliphatic carbocycles. The molecule has 0 aliphatic heterocycles. The topological polar surface area (TPSA) is 44.9 Å².